The average Bonchev–Trinajstić information content (AvgIpc) is 2.04. The van der Waals surface area contributed by atoms with E-state index in [1.54, 1.807) is 6.33 Å². The summed E-state index contributed by atoms with van der Waals surface area (Å²) in [5, 5.41) is 1.75. The van der Waals surface area contributed by atoms with Gasteiger partial charge in [-0.3, -0.25) is 0 Å². The van der Waals surface area contributed by atoms with Crippen LogP contribution in [0.25, 0.3) is 10.9 Å². The van der Waals surface area contributed by atoms with Crippen LogP contribution in [0, 0.1) is 3.70 Å². The highest BCUT2D eigenvalue weighted by atomic mass is 127. The van der Waals surface area contributed by atoms with Gasteiger partial charge in [-0.05, 0) is 40.8 Å². The number of nitrogens with zero attached hydrogens (tertiary/aromatic N) is 2. The van der Waals surface area contributed by atoms with Gasteiger partial charge in [0.15, 0.2) is 0 Å². The molecule has 0 bridgehead atoms. The van der Waals surface area contributed by atoms with Gasteiger partial charge in [-0.2, -0.15) is 0 Å². The van der Waals surface area contributed by atoms with Gasteiger partial charge in [0, 0.05) is 10.4 Å². The molecule has 0 fully saturated rings. The highest BCUT2D eigenvalue weighted by Gasteiger charge is 1.99. The molecule has 1 heterocycles. The first-order valence-electron chi connectivity index (χ1n) is 3.33. The Morgan fingerprint density at radius 2 is 2.08 bits per heavy atom. The van der Waals surface area contributed by atoms with Crippen LogP contribution in [0.4, 0.5) is 0 Å². The smallest absolute Gasteiger partial charge is 0.117 e. The largest absolute Gasteiger partial charge is 0.236 e. The molecular formula is C8H4ClIN2. The lowest BCUT2D eigenvalue weighted by molar-refractivity contribution is 1.19. The maximum atomic E-state index is 5.81. The summed E-state index contributed by atoms with van der Waals surface area (Å²) in [6.07, 6.45) is 1.54. The lowest BCUT2D eigenvalue weighted by Crippen LogP contribution is -1.85. The lowest BCUT2D eigenvalue weighted by atomic mass is 10.2. The van der Waals surface area contributed by atoms with E-state index in [0.29, 0.717) is 5.02 Å². The van der Waals surface area contributed by atoms with E-state index in [4.69, 9.17) is 11.6 Å². The predicted molar refractivity (Wildman–Crippen MR) is 57.3 cm³/mol. The average molecular weight is 290 g/mol. The summed E-state index contributed by atoms with van der Waals surface area (Å²) in [6.45, 7) is 0. The van der Waals surface area contributed by atoms with Crippen molar-refractivity contribution in [3.63, 3.8) is 0 Å². The Bertz CT molecular complexity index is 430. The molecule has 1 aromatic carbocycles. The number of rotatable bonds is 0. The van der Waals surface area contributed by atoms with Gasteiger partial charge in [0.25, 0.3) is 0 Å². The first kappa shape index (κ1) is 8.19. The van der Waals surface area contributed by atoms with Crippen molar-refractivity contribution in [2.45, 2.75) is 0 Å². The van der Waals surface area contributed by atoms with Crippen LogP contribution in [0.3, 0.4) is 0 Å². The molecule has 2 rings (SSSR count). The van der Waals surface area contributed by atoms with Crippen LogP contribution in [-0.4, -0.2) is 9.97 Å². The van der Waals surface area contributed by atoms with E-state index < -0.39 is 0 Å². The third-order valence-corrected chi connectivity index (χ3v) is 2.64. The molecule has 1 aromatic heterocycles. The topological polar surface area (TPSA) is 25.8 Å². The molecule has 0 aliphatic heterocycles. The SMILES string of the molecule is Clc1ccc2c(I)ncnc2c1. The highest BCUT2D eigenvalue weighted by molar-refractivity contribution is 14.1. The first-order chi connectivity index (χ1) is 5.77. The monoisotopic (exact) mass is 290 g/mol. The van der Waals surface area contributed by atoms with Crippen molar-refractivity contribution in [3.8, 4) is 0 Å². The fourth-order valence-corrected chi connectivity index (χ4v) is 1.74. The Hall–Kier alpha value is -0.420. The summed E-state index contributed by atoms with van der Waals surface area (Å²) in [5.41, 5.74) is 0.891. The third kappa shape index (κ3) is 1.38. The van der Waals surface area contributed by atoms with Gasteiger partial charge in [0.05, 0.1) is 5.52 Å². The Morgan fingerprint density at radius 3 is 2.92 bits per heavy atom. The zero-order chi connectivity index (χ0) is 8.55. The number of fused-ring (bicyclic) bond motifs is 1. The second-order valence-electron chi connectivity index (χ2n) is 2.33. The Labute approximate surface area is 88.1 Å². The van der Waals surface area contributed by atoms with Crippen LogP contribution in [0.5, 0.6) is 0 Å². The summed E-state index contributed by atoms with van der Waals surface area (Å²) >= 11 is 7.98. The third-order valence-electron chi connectivity index (χ3n) is 1.55. The number of hydrogen-bond acceptors (Lipinski definition) is 2. The lowest BCUT2D eigenvalue weighted by Gasteiger charge is -1.97. The standard InChI is InChI=1S/C8H4ClIN2/c9-5-1-2-6-7(3-5)11-4-12-8(6)10/h1-4H. The van der Waals surface area contributed by atoms with E-state index >= 15 is 0 Å². The maximum absolute atomic E-state index is 5.81. The van der Waals surface area contributed by atoms with Crippen molar-refractivity contribution in [1.82, 2.24) is 9.97 Å². The van der Waals surface area contributed by atoms with Crippen molar-refractivity contribution in [2.24, 2.45) is 0 Å². The number of benzene rings is 1. The van der Waals surface area contributed by atoms with E-state index in [0.717, 1.165) is 14.6 Å². The fourth-order valence-electron chi connectivity index (χ4n) is 0.997. The molecule has 2 nitrogen and oxygen atoms in total. The molecule has 0 aliphatic carbocycles. The Morgan fingerprint density at radius 1 is 1.25 bits per heavy atom. The van der Waals surface area contributed by atoms with Crippen LogP contribution in [0.2, 0.25) is 5.02 Å². The van der Waals surface area contributed by atoms with Gasteiger partial charge >= 0.3 is 0 Å². The molecule has 4 heteroatoms. The minimum absolute atomic E-state index is 0.706. The predicted octanol–water partition coefficient (Wildman–Crippen LogP) is 2.89. The maximum Gasteiger partial charge on any atom is 0.117 e. The molecule has 0 atom stereocenters. The van der Waals surface area contributed by atoms with E-state index in [-0.39, 0.29) is 0 Å². The number of hydrogen-bond donors (Lipinski definition) is 0. The normalized spacial score (nSPS) is 10.5. The van der Waals surface area contributed by atoms with Gasteiger partial charge in [-0.15, -0.1) is 0 Å². The molecule has 0 aliphatic rings. The van der Waals surface area contributed by atoms with Crippen LogP contribution in [0.1, 0.15) is 0 Å². The van der Waals surface area contributed by atoms with Gasteiger partial charge in [0.2, 0.25) is 0 Å². The molecule has 0 radical (unpaired) electrons. The van der Waals surface area contributed by atoms with Crippen LogP contribution >= 0.6 is 34.2 Å². The Kier molecular flexibility index (Phi) is 2.14. The highest BCUT2D eigenvalue weighted by Crippen LogP contribution is 2.19. The molecule has 0 spiro atoms. The van der Waals surface area contributed by atoms with Crippen molar-refractivity contribution in [1.29, 1.82) is 0 Å². The van der Waals surface area contributed by atoms with E-state index in [9.17, 15) is 0 Å². The zero-order valence-electron chi connectivity index (χ0n) is 5.96. The van der Waals surface area contributed by atoms with E-state index in [2.05, 4.69) is 32.6 Å². The molecule has 0 saturated carbocycles. The second kappa shape index (κ2) is 3.14. The molecule has 60 valence electrons. The number of aromatic nitrogens is 2. The van der Waals surface area contributed by atoms with E-state index in [1.807, 2.05) is 18.2 Å². The van der Waals surface area contributed by atoms with Crippen LogP contribution in [-0.2, 0) is 0 Å². The van der Waals surface area contributed by atoms with Crippen molar-refractivity contribution in [3.05, 3.63) is 33.2 Å². The zero-order valence-corrected chi connectivity index (χ0v) is 8.87. The van der Waals surface area contributed by atoms with Crippen molar-refractivity contribution in [2.75, 3.05) is 0 Å². The molecule has 12 heavy (non-hydrogen) atoms. The molecule has 0 amide bonds. The summed E-state index contributed by atoms with van der Waals surface area (Å²) in [7, 11) is 0. The van der Waals surface area contributed by atoms with Gasteiger partial charge in [0.1, 0.15) is 10.0 Å². The summed E-state index contributed by atoms with van der Waals surface area (Å²) < 4.78 is 0.953. The molecule has 0 unspecified atom stereocenters. The molecule has 2 aromatic rings. The minimum atomic E-state index is 0.706. The van der Waals surface area contributed by atoms with Crippen LogP contribution < -0.4 is 0 Å². The fraction of sp³-hybridized carbons (Fsp3) is 0. The van der Waals surface area contributed by atoms with E-state index in [1.165, 1.54) is 0 Å². The summed E-state index contributed by atoms with van der Waals surface area (Å²) in [6, 6.07) is 5.61. The minimum Gasteiger partial charge on any atom is -0.236 e. The van der Waals surface area contributed by atoms with Gasteiger partial charge < -0.3 is 0 Å². The van der Waals surface area contributed by atoms with Gasteiger partial charge in [-0.1, -0.05) is 11.6 Å². The summed E-state index contributed by atoms with van der Waals surface area (Å²) in [5.74, 6) is 0. The molecule has 0 saturated heterocycles. The Balaban J connectivity index is 2.86. The first-order valence-corrected chi connectivity index (χ1v) is 4.79. The van der Waals surface area contributed by atoms with Gasteiger partial charge in [-0.25, -0.2) is 9.97 Å². The number of halogens is 2. The van der Waals surface area contributed by atoms with Crippen molar-refractivity contribution < 1.29 is 0 Å². The second-order valence-corrected chi connectivity index (χ2v) is 3.78. The van der Waals surface area contributed by atoms with Crippen LogP contribution in [0.15, 0.2) is 24.5 Å². The molecular weight excluding hydrogens is 286 g/mol. The molecule has 0 N–H and O–H groups in total. The summed E-state index contributed by atoms with van der Waals surface area (Å²) in [4.78, 5) is 8.17. The quantitative estimate of drug-likeness (QED) is 0.551. The van der Waals surface area contributed by atoms with Crippen molar-refractivity contribution >= 4 is 45.1 Å².